The van der Waals surface area contributed by atoms with E-state index >= 15 is 0 Å². The Morgan fingerprint density at radius 2 is 2.16 bits per heavy atom. The summed E-state index contributed by atoms with van der Waals surface area (Å²) >= 11 is 0. The monoisotopic (exact) mass is 264 g/mol. The molecule has 0 radical (unpaired) electrons. The minimum Gasteiger partial charge on any atom is -0.460 e. The van der Waals surface area contributed by atoms with E-state index in [9.17, 15) is 4.79 Å². The summed E-state index contributed by atoms with van der Waals surface area (Å²) in [5.74, 6) is 3.95. The van der Waals surface area contributed by atoms with Gasteiger partial charge < -0.3 is 9.47 Å². The highest BCUT2D eigenvalue weighted by Crippen LogP contribution is 2.56. The Bertz CT molecular complexity index is 348. The third-order valence-corrected chi connectivity index (χ3v) is 4.62. The van der Waals surface area contributed by atoms with Crippen molar-refractivity contribution in [3.63, 3.8) is 0 Å². The standard InChI is InChI=1S/C10H14.C6H10O3/c1-2-9-7-4-5-8(6-7)10(9)3-1;1-3-6(7)9-5-4-8-2/h1-2,7-10H,3-6H2;3H,1,4-5H2,2H3. The third-order valence-electron chi connectivity index (χ3n) is 4.62. The average Bonchev–Trinajstić information content (AvgIpc) is 3.12. The molecule has 2 bridgehead atoms. The second-order valence-corrected chi connectivity index (χ2v) is 5.60. The highest BCUT2D eigenvalue weighted by atomic mass is 16.6. The van der Waals surface area contributed by atoms with Gasteiger partial charge in [-0.1, -0.05) is 18.7 Å². The number of carbonyl (C=O) groups excluding carboxylic acids is 1. The first-order valence-electron chi connectivity index (χ1n) is 7.21. The third kappa shape index (κ3) is 3.47. The van der Waals surface area contributed by atoms with Crippen molar-refractivity contribution in [2.45, 2.75) is 25.7 Å². The van der Waals surface area contributed by atoms with E-state index in [0.717, 1.165) is 29.7 Å². The Hall–Kier alpha value is -1.09. The fourth-order valence-corrected chi connectivity index (χ4v) is 3.78. The van der Waals surface area contributed by atoms with E-state index in [1.165, 1.54) is 12.8 Å². The molecule has 4 unspecified atom stereocenters. The zero-order chi connectivity index (χ0) is 13.7. The smallest absolute Gasteiger partial charge is 0.330 e. The summed E-state index contributed by atoms with van der Waals surface area (Å²) in [5.41, 5.74) is 0. The van der Waals surface area contributed by atoms with Crippen LogP contribution in [0, 0.1) is 23.7 Å². The largest absolute Gasteiger partial charge is 0.460 e. The van der Waals surface area contributed by atoms with Crippen molar-refractivity contribution >= 4 is 5.97 Å². The molecule has 0 spiro atoms. The van der Waals surface area contributed by atoms with E-state index in [4.69, 9.17) is 0 Å². The normalized spacial score (nSPS) is 33.5. The van der Waals surface area contributed by atoms with Gasteiger partial charge in [0.1, 0.15) is 6.61 Å². The van der Waals surface area contributed by atoms with Crippen molar-refractivity contribution < 1.29 is 14.3 Å². The van der Waals surface area contributed by atoms with E-state index < -0.39 is 5.97 Å². The second-order valence-electron chi connectivity index (χ2n) is 5.60. The molecule has 2 fully saturated rings. The molecule has 19 heavy (non-hydrogen) atoms. The maximum atomic E-state index is 10.3. The summed E-state index contributed by atoms with van der Waals surface area (Å²) in [5, 5.41) is 0. The molecular formula is C16H24O3. The van der Waals surface area contributed by atoms with Gasteiger partial charge in [-0.25, -0.2) is 4.79 Å². The molecule has 106 valence electrons. The summed E-state index contributed by atoms with van der Waals surface area (Å²) in [6.45, 7) is 3.95. The first kappa shape index (κ1) is 14.3. The van der Waals surface area contributed by atoms with Crippen LogP contribution in [0.5, 0.6) is 0 Å². The van der Waals surface area contributed by atoms with E-state index in [1.807, 2.05) is 0 Å². The first-order chi connectivity index (χ1) is 9.26. The minimum atomic E-state index is -0.410. The zero-order valence-electron chi connectivity index (χ0n) is 11.7. The predicted molar refractivity (Wildman–Crippen MR) is 74.6 cm³/mol. The molecule has 3 nitrogen and oxygen atoms in total. The van der Waals surface area contributed by atoms with Crippen LogP contribution in [0.4, 0.5) is 0 Å². The van der Waals surface area contributed by atoms with Crippen LogP contribution >= 0.6 is 0 Å². The molecule has 0 aromatic carbocycles. The van der Waals surface area contributed by atoms with Gasteiger partial charge in [-0.2, -0.15) is 0 Å². The second kappa shape index (κ2) is 6.90. The van der Waals surface area contributed by atoms with Crippen molar-refractivity contribution in [2.24, 2.45) is 23.7 Å². The van der Waals surface area contributed by atoms with Gasteiger partial charge in [0.2, 0.25) is 0 Å². The number of hydrogen-bond donors (Lipinski definition) is 0. The van der Waals surface area contributed by atoms with Crippen molar-refractivity contribution in [3.05, 3.63) is 24.8 Å². The van der Waals surface area contributed by atoms with Crippen molar-refractivity contribution in [1.82, 2.24) is 0 Å². The number of methoxy groups -OCH3 is 1. The Morgan fingerprint density at radius 3 is 2.84 bits per heavy atom. The first-order valence-corrected chi connectivity index (χ1v) is 7.21. The molecule has 0 aromatic heterocycles. The molecule has 0 aromatic rings. The van der Waals surface area contributed by atoms with Gasteiger partial charge in [-0.3, -0.25) is 0 Å². The van der Waals surface area contributed by atoms with E-state index in [-0.39, 0.29) is 0 Å². The van der Waals surface area contributed by atoms with Gasteiger partial charge in [0.15, 0.2) is 0 Å². The molecular weight excluding hydrogens is 240 g/mol. The van der Waals surface area contributed by atoms with Crippen LogP contribution in [0.15, 0.2) is 24.8 Å². The number of rotatable bonds is 4. The summed E-state index contributed by atoms with van der Waals surface area (Å²) < 4.78 is 9.17. The Morgan fingerprint density at radius 1 is 1.37 bits per heavy atom. The van der Waals surface area contributed by atoms with Crippen LogP contribution < -0.4 is 0 Å². The minimum absolute atomic E-state index is 0.293. The Labute approximate surface area is 115 Å². The quantitative estimate of drug-likeness (QED) is 0.339. The molecule has 3 rings (SSSR count). The average molecular weight is 264 g/mol. The van der Waals surface area contributed by atoms with Crippen molar-refractivity contribution in [3.8, 4) is 0 Å². The van der Waals surface area contributed by atoms with Crippen LogP contribution in [0.1, 0.15) is 25.7 Å². The maximum absolute atomic E-state index is 10.3. The molecule has 3 aliphatic rings. The molecule has 4 atom stereocenters. The number of allylic oxidation sites excluding steroid dienone is 2. The van der Waals surface area contributed by atoms with E-state index in [2.05, 4.69) is 28.2 Å². The van der Waals surface area contributed by atoms with Gasteiger partial charge in [-0.15, -0.1) is 0 Å². The molecule has 3 aliphatic carbocycles. The van der Waals surface area contributed by atoms with E-state index in [1.54, 1.807) is 20.0 Å². The Balaban J connectivity index is 0.000000142. The molecule has 0 amide bonds. The summed E-state index contributed by atoms with van der Waals surface area (Å²) in [6, 6.07) is 0. The lowest BCUT2D eigenvalue weighted by molar-refractivity contribution is -0.138. The van der Waals surface area contributed by atoms with Crippen LogP contribution in [-0.4, -0.2) is 26.3 Å². The van der Waals surface area contributed by atoms with Crippen LogP contribution in [-0.2, 0) is 14.3 Å². The Kier molecular flexibility index (Phi) is 5.20. The number of ether oxygens (including phenoxy) is 2. The fraction of sp³-hybridized carbons (Fsp3) is 0.688. The topological polar surface area (TPSA) is 35.5 Å². The summed E-state index contributed by atoms with van der Waals surface area (Å²) in [4.78, 5) is 10.3. The van der Waals surface area contributed by atoms with Crippen molar-refractivity contribution in [1.29, 1.82) is 0 Å². The molecule has 2 saturated carbocycles. The predicted octanol–water partition coefficient (Wildman–Crippen LogP) is 2.97. The molecule has 0 N–H and O–H groups in total. The SMILES string of the molecule is C1=CC2C3CCC(C3)C2C1.C=CC(=O)OCCOC. The van der Waals surface area contributed by atoms with Crippen LogP contribution in [0.2, 0.25) is 0 Å². The number of hydrogen-bond acceptors (Lipinski definition) is 3. The van der Waals surface area contributed by atoms with Gasteiger partial charge in [0.25, 0.3) is 0 Å². The van der Waals surface area contributed by atoms with Gasteiger partial charge >= 0.3 is 5.97 Å². The van der Waals surface area contributed by atoms with Gasteiger partial charge in [-0.05, 0) is 49.4 Å². The number of fused-ring (bicyclic) bond motifs is 5. The maximum Gasteiger partial charge on any atom is 0.330 e. The number of carbonyl (C=O) groups is 1. The summed E-state index contributed by atoms with van der Waals surface area (Å²) in [6.07, 6.45) is 12.1. The van der Waals surface area contributed by atoms with Gasteiger partial charge in [0, 0.05) is 13.2 Å². The lowest BCUT2D eigenvalue weighted by atomic mass is 9.82. The van der Waals surface area contributed by atoms with Gasteiger partial charge in [0.05, 0.1) is 6.61 Å². The molecule has 0 heterocycles. The van der Waals surface area contributed by atoms with E-state index in [0.29, 0.717) is 13.2 Å². The highest BCUT2D eigenvalue weighted by molar-refractivity contribution is 5.81. The molecule has 0 aliphatic heterocycles. The molecule has 3 heteroatoms. The lowest BCUT2D eigenvalue weighted by Gasteiger charge is -2.23. The molecule has 0 saturated heterocycles. The van der Waals surface area contributed by atoms with Crippen LogP contribution in [0.25, 0.3) is 0 Å². The summed E-state index contributed by atoms with van der Waals surface area (Å²) in [7, 11) is 1.54. The number of esters is 1. The zero-order valence-corrected chi connectivity index (χ0v) is 11.7. The highest BCUT2D eigenvalue weighted by Gasteiger charge is 2.47. The van der Waals surface area contributed by atoms with Crippen molar-refractivity contribution in [2.75, 3.05) is 20.3 Å². The fourth-order valence-electron chi connectivity index (χ4n) is 3.78. The van der Waals surface area contributed by atoms with Crippen LogP contribution in [0.3, 0.4) is 0 Å². The lowest BCUT2D eigenvalue weighted by Crippen LogP contribution is -2.16.